The number of urea groups is 1. The average molecular weight is 425 g/mol. The lowest BCUT2D eigenvalue weighted by Crippen LogP contribution is -2.35. The molecule has 1 fully saturated rings. The number of benzene rings is 1. The van der Waals surface area contributed by atoms with Crippen LogP contribution < -0.4 is 10.6 Å². The van der Waals surface area contributed by atoms with E-state index in [0.29, 0.717) is 41.3 Å². The number of imide groups is 1. The van der Waals surface area contributed by atoms with E-state index in [1.165, 1.54) is 0 Å². The van der Waals surface area contributed by atoms with Gasteiger partial charge in [0.25, 0.3) is 5.91 Å². The van der Waals surface area contributed by atoms with Crippen molar-refractivity contribution in [2.75, 3.05) is 24.2 Å². The average Bonchev–Trinajstić information content (AvgIpc) is 3.29. The molecule has 0 atom stereocenters. The largest absolute Gasteiger partial charge is 0.443 e. The summed E-state index contributed by atoms with van der Waals surface area (Å²) in [6, 6.07) is 8.39. The highest BCUT2D eigenvalue weighted by Gasteiger charge is 2.26. The van der Waals surface area contributed by atoms with Crippen molar-refractivity contribution in [3.05, 3.63) is 47.2 Å². The number of anilines is 1. The number of nitrogens with one attached hydrogen (secondary N) is 2. The normalized spacial score (nSPS) is 13.5. The number of thioether (sulfide) groups is 1. The summed E-state index contributed by atoms with van der Waals surface area (Å²) in [5.41, 5.74) is 1.65. The second kappa shape index (κ2) is 8.15. The van der Waals surface area contributed by atoms with Crippen LogP contribution >= 0.6 is 11.8 Å². The fourth-order valence-electron chi connectivity index (χ4n) is 3.07. The number of rotatable bonds is 5. The molecule has 0 aliphatic carbocycles. The number of aromatic nitrogens is 2. The number of carbonyl (C=O) groups is 3. The summed E-state index contributed by atoms with van der Waals surface area (Å²) in [6.45, 7) is 4.46. The van der Waals surface area contributed by atoms with E-state index in [0.717, 1.165) is 22.2 Å². The predicted molar refractivity (Wildman–Crippen MR) is 112 cm³/mol. The number of aryl methyl sites for hydroxylation is 2. The molecule has 0 spiro atoms. The molecule has 4 rings (SSSR count). The van der Waals surface area contributed by atoms with Gasteiger partial charge < -0.3 is 15.1 Å². The van der Waals surface area contributed by atoms with E-state index in [4.69, 9.17) is 4.42 Å². The zero-order valence-electron chi connectivity index (χ0n) is 16.4. The van der Waals surface area contributed by atoms with Crippen LogP contribution in [0.5, 0.6) is 0 Å². The van der Waals surface area contributed by atoms with Gasteiger partial charge in [0.05, 0.1) is 11.1 Å². The molecule has 154 valence electrons. The van der Waals surface area contributed by atoms with Crippen molar-refractivity contribution >= 4 is 46.5 Å². The minimum Gasteiger partial charge on any atom is -0.443 e. The van der Waals surface area contributed by atoms with Gasteiger partial charge in [0.15, 0.2) is 5.16 Å². The third kappa shape index (κ3) is 3.86. The number of hydrogen-bond acceptors (Lipinski definition) is 7. The van der Waals surface area contributed by atoms with Gasteiger partial charge >= 0.3 is 6.03 Å². The number of fused-ring (bicyclic) bond motifs is 1. The highest BCUT2D eigenvalue weighted by Crippen LogP contribution is 2.31. The lowest BCUT2D eigenvalue weighted by molar-refractivity contribution is -0.124. The van der Waals surface area contributed by atoms with E-state index < -0.39 is 6.03 Å². The van der Waals surface area contributed by atoms with Crippen molar-refractivity contribution in [1.29, 1.82) is 0 Å². The molecule has 1 aliphatic heterocycles. The molecule has 3 aromatic rings. The Balaban J connectivity index is 1.61. The van der Waals surface area contributed by atoms with Gasteiger partial charge in [-0.1, -0.05) is 30.0 Å². The van der Waals surface area contributed by atoms with Crippen LogP contribution in [0.15, 0.2) is 39.9 Å². The molecule has 2 N–H and O–H groups in total. The summed E-state index contributed by atoms with van der Waals surface area (Å²) in [5, 5.41) is 6.30. The molecule has 0 saturated carbocycles. The molecule has 4 amide bonds. The number of furan rings is 1. The van der Waals surface area contributed by atoms with E-state index in [1.54, 1.807) is 24.3 Å². The minimum atomic E-state index is -0.398. The van der Waals surface area contributed by atoms with E-state index in [2.05, 4.69) is 20.6 Å². The zero-order chi connectivity index (χ0) is 21.3. The maximum absolute atomic E-state index is 12.6. The molecule has 30 heavy (non-hydrogen) atoms. The molecular formula is C20H19N5O4S. The van der Waals surface area contributed by atoms with Gasteiger partial charge in [-0.3, -0.25) is 14.5 Å². The molecule has 1 aliphatic rings. The van der Waals surface area contributed by atoms with Crippen LogP contribution in [0.3, 0.4) is 0 Å². The Labute approximate surface area is 176 Å². The van der Waals surface area contributed by atoms with Crippen LogP contribution in [0.4, 0.5) is 10.6 Å². The van der Waals surface area contributed by atoms with E-state index in [-0.39, 0.29) is 22.7 Å². The van der Waals surface area contributed by atoms with Crippen LogP contribution in [0.2, 0.25) is 0 Å². The van der Waals surface area contributed by atoms with E-state index >= 15 is 0 Å². The molecule has 2 aromatic heterocycles. The van der Waals surface area contributed by atoms with Crippen LogP contribution in [0.25, 0.3) is 11.1 Å². The molecule has 0 unspecified atom stereocenters. The Morgan fingerprint density at radius 2 is 2.00 bits per heavy atom. The number of nitrogens with zero attached hydrogens (tertiary/aromatic N) is 3. The van der Waals surface area contributed by atoms with Gasteiger partial charge in [-0.15, -0.1) is 0 Å². The van der Waals surface area contributed by atoms with Crippen molar-refractivity contribution in [2.45, 2.75) is 19.0 Å². The fourth-order valence-corrected chi connectivity index (χ4v) is 3.78. The van der Waals surface area contributed by atoms with Gasteiger partial charge in [-0.25, -0.2) is 9.78 Å². The summed E-state index contributed by atoms with van der Waals surface area (Å²) in [4.78, 5) is 46.6. The molecule has 3 heterocycles. The highest BCUT2D eigenvalue weighted by molar-refractivity contribution is 7.99. The summed E-state index contributed by atoms with van der Waals surface area (Å²) in [7, 11) is 0. The fraction of sp³-hybridized carbons (Fsp3) is 0.250. The maximum atomic E-state index is 12.6. The Morgan fingerprint density at radius 3 is 2.70 bits per heavy atom. The smallest absolute Gasteiger partial charge is 0.324 e. The van der Waals surface area contributed by atoms with Crippen molar-refractivity contribution in [3.8, 4) is 0 Å². The van der Waals surface area contributed by atoms with Crippen molar-refractivity contribution in [1.82, 2.24) is 20.2 Å². The van der Waals surface area contributed by atoms with E-state index in [9.17, 15) is 14.4 Å². The highest BCUT2D eigenvalue weighted by atomic mass is 32.2. The first kappa shape index (κ1) is 19.9. The first-order valence-electron chi connectivity index (χ1n) is 9.29. The molecule has 9 nitrogen and oxygen atoms in total. The summed E-state index contributed by atoms with van der Waals surface area (Å²) in [5.74, 6) is 0.331. The monoisotopic (exact) mass is 425 g/mol. The summed E-state index contributed by atoms with van der Waals surface area (Å²) in [6.07, 6.45) is 0. The van der Waals surface area contributed by atoms with Gasteiger partial charge in [0.1, 0.15) is 11.6 Å². The Kier molecular flexibility index (Phi) is 5.40. The third-order valence-electron chi connectivity index (χ3n) is 4.76. The van der Waals surface area contributed by atoms with Crippen LogP contribution in [-0.4, -0.2) is 51.6 Å². The molecule has 0 radical (unpaired) electrons. The van der Waals surface area contributed by atoms with E-state index in [1.807, 2.05) is 19.9 Å². The van der Waals surface area contributed by atoms with Gasteiger partial charge in [-0.05, 0) is 26.0 Å². The number of carbonyl (C=O) groups excluding carboxylic acids is 3. The molecule has 1 saturated heterocycles. The second-order valence-corrected chi connectivity index (χ2v) is 7.65. The number of hydrogen-bond donors (Lipinski definition) is 2. The SMILES string of the molecule is Cc1oc2nc(SCC(=O)N3CCNC3=O)nc(NC(=O)c3ccccc3)c2c1C. The molecular weight excluding hydrogens is 406 g/mol. The van der Waals surface area contributed by atoms with Gasteiger partial charge in [0, 0.05) is 24.2 Å². The Morgan fingerprint density at radius 1 is 1.23 bits per heavy atom. The van der Waals surface area contributed by atoms with Crippen LogP contribution in [0, 0.1) is 13.8 Å². The minimum absolute atomic E-state index is 0.0102. The van der Waals surface area contributed by atoms with Gasteiger partial charge in [-0.2, -0.15) is 4.98 Å². The Hall–Kier alpha value is -3.40. The van der Waals surface area contributed by atoms with Crippen LogP contribution in [0.1, 0.15) is 21.7 Å². The van der Waals surface area contributed by atoms with Crippen molar-refractivity contribution < 1.29 is 18.8 Å². The first-order valence-corrected chi connectivity index (χ1v) is 10.3. The van der Waals surface area contributed by atoms with Crippen molar-refractivity contribution in [3.63, 3.8) is 0 Å². The summed E-state index contributed by atoms with van der Waals surface area (Å²) < 4.78 is 5.72. The van der Waals surface area contributed by atoms with Crippen molar-refractivity contribution in [2.24, 2.45) is 0 Å². The quantitative estimate of drug-likeness (QED) is 0.477. The second-order valence-electron chi connectivity index (χ2n) is 6.70. The molecule has 10 heteroatoms. The maximum Gasteiger partial charge on any atom is 0.324 e. The first-order chi connectivity index (χ1) is 14.4. The zero-order valence-corrected chi connectivity index (χ0v) is 17.2. The third-order valence-corrected chi connectivity index (χ3v) is 5.59. The summed E-state index contributed by atoms with van der Waals surface area (Å²) >= 11 is 1.08. The lowest BCUT2D eigenvalue weighted by Gasteiger charge is -2.11. The number of amides is 4. The van der Waals surface area contributed by atoms with Gasteiger partial charge in [0.2, 0.25) is 11.6 Å². The standard InChI is InChI=1S/C20H19N5O4S/c1-11-12(2)29-18-15(11)16(22-17(27)13-6-4-3-5-7-13)23-19(24-18)30-10-14(26)25-9-8-21-20(25)28/h3-7H,8-10H2,1-2H3,(H,21,28)(H,22,23,24,27). The van der Waals surface area contributed by atoms with Crippen LogP contribution in [-0.2, 0) is 4.79 Å². The molecule has 1 aromatic carbocycles. The lowest BCUT2D eigenvalue weighted by atomic mass is 10.2. The predicted octanol–water partition coefficient (Wildman–Crippen LogP) is 2.74. The molecule has 0 bridgehead atoms. The Bertz CT molecular complexity index is 1150. The topological polar surface area (TPSA) is 117 Å².